The summed E-state index contributed by atoms with van der Waals surface area (Å²) in [7, 11) is 0. The summed E-state index contributed by atoms with van der Waals surface area (Å²) >= 11 is 0. The average molecular weight is 521 g/mol. The Morgan fingerprint density at radius 1 is 0.658 bits per heavy atom. The minimum absolute atomic E-state index is 0.800. The molecule has 2 unspecified atom stereocenters. The van der Waals surface area contributed by atoms with E-state index >= 15 is 0 Å². The first kappa shape index (κ1) is 30.6. The summed E-state index contributed by atoms with van der Waals surface area (Å²) in [6.07, 6.45) is 31.4. The van der Waals surface area contributed by atoms with Crippen LogP contribution in [0.25, 0.3) is 11.4 Å². The van der Waals surface area contributed by atoms with Crippen molar-refractivity contribution in [1.82, 2.24) is 9.97 Å². The number of unbranched alkanes of at least 4 members (excludes halogenated alkanes) is 10. The average Bonchev–Trinajstić information content (AvgIpc) is 2.96. The van der Waals surface area contributed by atoms with Gasteiger partial charge >= 0.3 is 0 Å². The van der Waals surface area contributed by atoms with E-state index in [2.05, 4.69) is 48.1 Å². The van der Waals surface area contributed by atoms with Crippen LogP contribution in [-0.4, -0.2) is 16.6 Å². The van der Waals surface area contributed by atoms with E-state index in [0.29, 0.717) is 0 Å². The number of hydrogen-bond donors (Lipinski definition) is 0. The van der Waals surface area contributed by atoms with E-state index in [1.54, 1.807) is 0 Å². The van der Waals surface area contributed by atoms with Gasteiger partial charge in [-0.3, -0.25) is 0 Å². The quantitative estimate of drug-likeness (QED) is 0.163. The van der Waals surface area contributed by atoms with Crippen LogP contribution in [-0.2, 0) is 6.42 Å². The lowest BCUT2D eigenvalue weighted by Gasteiger charge is -2.32. The molecule has 1 aromatic carbocycles. The number of nitrogens with zero attached hydrogens (tertiary/aromatic N) is 2. The SMILES string of the molecule is CCCCCCCCCCC1CCCCC1CCCOc1ccc(-c2ncc(CCCCCC)cn2)cc1. The lowest BCUT2D eigenvalue weighted by atomic mass is 9.74. The summed E-state index contributed by atoms with van der Waals surface area (Å²) in [6, 6.07) is 8.32. The molecule has 1 aromatic heterocycles. The van der Waals surface area contributed by atoms with E-state index < -0.39 is 0 Å². The van der Waals surface area contributed by atoms with E-state index in [1.165, 1.54) is 128 Å². The van der Waals surface area contributed by atoms with Crippen LogP contribution < -0.4 is 4.74 Å². The van der Waals surface area contributed by atoms with Crippen molar-refractivity contribution < 1.29 is 4.74 Å². The van der Waals surface area contributed by atoms with Crippen molar-refractivity contribution in [3.8, 4) is 17.1 Å². The normalized spacial score (nSPS) is 17.5. The summed E-state index contributed by atoms with van der Waals surface area (Å²) in [4.78, 5) is 9.21. The molecule has 1 fully saturated rings. The van der Waals surface area contributed by atoms with Crippen LogP contribution >= 0.6 is 0 Å². The minimum Gasteiger partial charge on any atom is -0.494 e. The van der Waals surface area contributed by atoms with E-state index in [1.807, 2.05) is 12.4 Å². The molecular weight excluding hydrogens is 464 g/mol. The van der Waals surface area contributed by atoms with Crippen LogP contribution in [0.5, 0.6) is 5.75 Å². The second-order valence-electron chi connectivity index (χ2n) is 11.8. The first-order valence-electron chi connectivity index (χ1n) is 16.3. The molecule has 0 amide bonds. The van der Waals surface area contributed by atoms with Crippen molar-refractivity contribution in [3.05, 3.63) is 42.2 Å². The number of hydrogen-bond acceptors (Lipinski definition) is 3. The van der Waals surface area contributed by atoms with Gasteiger partial charge in [-0.2, -0.15) is 0 Å². The maximum Gasteiger partial charge on any atom is 0.159 e. The monoisotopic (exact) mass is 520 g/mol. The summed E-state index contributed by atoms with van der Waals surface area (Å²) in [6.45, 7) is 5.37. The zero-order valence-electron chi connectivity index (χ0n) is 24.8. The van der Waals surface area contributed by atoms with E-state index in [4.69, 9.17) is 4.74 Å². The number of rotatable bonds is 20. The molecule has 0 aliphatic heterocycles. The Balaban J connectivity index is 1.31. The van der Waals surface area contributed by atoms with Gasteiger partial charge in [-0.25, -0.2) is 9.97 Å². The molecule has 2 aromatic rings. The molecule has 3 heteroatoms. The molecule has 38 heavy (non-hydrogen) atoms. The Labute approximate surface area is 234 Å². The first-order chi connectivity index (χ1) is 18.8. The molecular formula is C35H56N2O. The van der Waals surface area contributed by atoms with Gasteiger partial charge in [-0.15, -0.1) is 0 Å². The lowest BCUT2D eigenvalue weighted by Crippen LogP contribution is -2.20. The number of ether oxygens (including phenoxy) is 1. The van der Waals surface area contributed by atoms with Gasteiger partial charge in [0.2, 0.25) is 0 Å². The molecule has 0 saturated heterocycles. The van der Waals surface area contributed by atoms with Gasteiger partial charge in [0.05, 0.1) is 6.61 Å². The largest absolute Gasteiger partial charge is 0.494 e. The van der Waals surface area contributed by atoms with Crippen LogP contribution in [0.15, 0.2) is 36.7 Å². The number of aromatic nitrogens is 2. The molecule has 1 heterocycles. The van der Waals surface area contributed by atoms with Crippen molar-refractivity contribution in [2.24, 2.45) is 11.8 Å². The van der Waals surface area contributed by atoms with Crippen molar-refractivity contribution in [3.63, 3.8) is 0 Å². The summed E-state index contributed by atoms with van der Waals surface area (Å²) in [5.41, 5.74) is 2.30. The maximum absolute atomic E-state index is 6.12. The van der Waals surface area contributed by atoms with Gasteiger partial charge in [0.15, 0.2) is 5.82 Å². The summed E-state index contributed by atoms with van der Waals surface area (Å²) in [5.74, 6) is 3.64. The minimum atomic E-state index is 0.800. The molecule has 212 valence electrons. The Morgan fingerprint density at radius 3 is 1.84 bits per heavy atom. The molecule has 1 saturated carbocycles. The first-order valence-corrected chi connectivity index (χ1v) is 16.3. The van der Waals surface area contributed by atoms with Crippen LogP contribution in [0.2, 0.25) is 0 Å². The van der Waals surface area contributed by atoms with E-state index in [-0.39, 0.29) is 0 Å². The second-order valence-corrected chi connectivity index (χ2v) is 11.8. The number of benzene rings is 1. The third-order valence-electron chi connectivity index (χ3n) is 8.62. The van der Waals surface area contributed by atoms with Gasteiger partial charge in [0.25, 0.3) is 0 Å². The standard InChI is InChI=1S/C35H56N2O/c1-3-5-7-9-10-11-12-14-19-31-20-15-16-21-32(31)22-17-27-38-34-25-23-33(24-26-34)35-36-28-30(29-37-35)18-13-8-6-4-2/h23-26,28-29,31-32H,3-22,27H2,1-2H3. The molecule has 0 bridgehead atoms. The summed E-state index contributed by atoms with van der Waals surface area (Å²) in [5, 5.41) is 0. The second kappa shape index (κ2) is 19.2. The van der Waals surface area contributed by atoms with Crippen molar-refractivity contribution in [2.75, 3.05) is 6.61 Å². The highest BCUT2D eigenvalue weighted by Crippen LogP contribution is 2.36. The third kappa shape index (κ3) is 11.9. The third-order valence-corrected chi connectivity index (χ3v) is 8.62. The fourth-order valence-corrected chi connectivity index (χ4v) is 6.21. The van der Waals surface area contributed by atoms with Crippen molar-refractivity contribution in [2.45, 2.75) is 142 Å². The molecule has 3 nitrogen and oxygen atoms in total. The molecule has 1 aliphatic rings. The highest BCUT2D eigenvalue weighted by atomic mass is 16.5. The van der Waals surface area contributed by atoms with Crippen molar-refractivity contribution >= 4 is 0 Å². The Kier molecular flexibility index (Phi) is 15.5. The molecule has 3 rings (SSSR count). The molecule has 0 radical (unpaired) electrons. The highest BCUT2D eigenvalue weighted by molar-refractivity contribution is 5.55. The van der Waals surface area contributed by atoms with Gasteiger partial charge in [0, 0.05) is 18.0 Å². The summed E-state index contributed by atoms with van der Waals surface area (Å²) < 4.78 is 6.12. The van der Waals surface area contributed by atoms with E-state index in [9.17, 15) is 0 Å². The Bertz CT molecular complexity index is 832. The van der Waals surface area contributed by atoms with Gasteiger partial charge in [-0.1, -0.05) is 117 Å². The van der Waals surface area contributed by atoms with Crippen LogP contribution in [0.4, 0.5) is 0 Å². The fourth-order valence-electron chi connectivity index (χ4n) is 6.21. The maximum atomic E-state index is 6.12. The van der Waals surface area contributed by atoms with Gasteiger partial charge in [0.1, 0.15) is 5.75 Å². The van der Waals surface area contributed by atoms with Gasteiger partial charge < -0.3 is 4.74 Å². The molecule has 2 atom stereocenters. The van der Waals surface area contributed by atoms with Crippen molar-refractivity contribution in [1.29, 1.82) is 0 Å². The molecule has 0 spiro atoms. The smallest absolute Gasteiger partial charge is 0.159 e. The Hall–Kier alpha value is -1.90. The van der Waals surface area contributed by atoms with Crippen LogP contribution in [0.3, 0.4) is 0 Å². The zero-order chi connectivity index (χ0) is 26.7. The Morgan fingerprint density at radius 2 is 1.21 bits per heavy atom. The van der Waals surface area contributed by atoms with Crippen LogP contribution in [0.1, 0.15) is 141 Å². The fraction of sp³-hybridized carbons (Fsp3) is 0.714. The van der Waals surface area contributed by atoms with Crippen LogP contribution in [0, 0.1) is 11.8 Å². The van der Waals surface area contributed by atoms with E-state index in [0.717, 1.165) is 42.0 Å². The van der Waals surface area contributed by atoms with Gasteiger partial charge in [-0.05, 0) is 67.3 Å². The lowest BCUT2D eigenvalue weighted by molar-refractivity contribution is 0.190. The highest BCUT2D eigenvalue weighted by Gasteiger charge is 2.24. The topological polar surface area (TPSA) is 35.0 Å². The molecule has 1 aliphatic carbocycles. The predicted molar refractivity (Wildman–Crippen MR) is 163 cm³/mol. The zero-order valence-corrected chi connectivity index (χ0v) is 24.8. The molecule has 0 N–H and O–H groups in total. The number of aryl methyl sites for hydroxylation is 1. The predicted octanol–water partition coefficient (Wildman–Crippen LogP) is 10.8.